The third-order valence-corrected chi connectivity index (χ3v) is 12.4. The average molecular weight is 726 g/mol. The molecular formula is C36H44FN5O8S. The maximum Gasteiger partial charge on any atom is 0.410 e. The number of hydrogen-bond acceptors (Lipinski definition) is 9. The van der Waals surface area contributed by atoms with Crippen LogP contribution in [0.1, 0.15) is 80.4 Å². The van der Waals surface area contributed by atoms with Crippen LogP contribution in [-0.2, 0) is 48.8 Å². The van der Waals surface area contributed by atoms with Gasteiger partial charge in [0.2, 0.25) is 21.8 Å². The highest BCUT2D eigenvalue weighted by Gasteiger charge is 2.62. The van der Waals surface area contributed by atoms with E-state index in [0.717, 1.165) is 31.4 Å². The Bertz CT molecular complexity index is 1840. The SMILES string of the molecule is Cc1ccc(CN[C@H]2CCCCCC=C[C@@H]3C[C@@]3(C(=O)NS(=O)(=O)C3CC3)NC(=O)[C@@H]3C[C@@H](OC(=O)N4Cc5cccc(F)c5C4)CN3C2=O)o1. The molecule has 0 radical (unpaired) electrons. The fourth-order valence-corrected chi connectivity index (χ4v) is 8.80. The molecular weight excluding hydrogens is 681 g/mol. The molecule has 13 nitrogen and oxygen atoms in total. The molecule has 3 aliphatic heterocycles. The van der Waals surface area contributed by atoms with Crippen molar-refractivity contribution in [3.8, 4) is 0 Å². The first-order chi connectivity index (χ1) is 24.4. The largest absolute Gasteiger partial charge is 0.465 e. The lowest BCUT2D eigenvalue weighted by molar-refractivity contribution is -0.141. The van der Waals surface area contributed by atoms with Gasteiger partial charge in [0, 0.05) is 24.4 Å². The Morgan fingerprint density at radius 1 is 1.10 bits per heavy atom. The van der Waals surface area contributed by atoms with E-state index in [0.29, 0.717) is 36.1 Å². The Kier molecular flexibility index (Phi) is 9.69. The fraction of sp³-hybridized carbons (Fsp3) is 0.556. The summed E-state index contributed by atoms with van der Waals surface area (Å²) in [4.78, 5) is 58.3. The van der Waals surface area contributed by atoms with Crippen molar-refractivity contribution in [3.63, 3.8) is 0 Å². The van der Waals surface area contributed by atoms with E-state index in [4.69, 9.17) is 9.15 Å². The van der Waals surface area contributed by atoms with Gasteiger partial charge in [0.1, 0.15) is 35.0 Å². The Morgan fingerprint density at radius 2 is 1.92 bits per heavy atom. The first-order valence-corrected chi connectivity index (χ1v) is 19.3. The number of hydrogen-bond donors (Lipinski definition) is 3. The lowest BCUT2D eigenvalue weighted by atomic mass is 10.0. The van der Waals surface area contributed by atoms with Gasteiger partial charge in [0.25, 0.3) is 5.91 Å². The van der Waals surface area contributed by atoms with Gasteiger partial charge in [-0.05, 0) is 69.2 Å². The molecule has 1 saturated heterocycles. The molecule has 0 bridgehead atoms. The maximum absolute atomic E-state index is 14.4. The zero-order valence-corrected chi connectivity index (χ0v) is 29.4. The number of ether oxygens (including phenoxy) is 1. The van der Waals surface area contributed by atoms with Crippen molar-refractivity contribution in [2.75, 3.05) is 6.54 Å². The highest BCUT2D eigenvalue weighted by Crippen LogP contribution is 2.46. The molecule has 1 aromatic carbocycles. The zero-order valence-electron chi connectivity index (χ0n) is 28.6. The highest BCUT2D eigenvalue weighted by atomic mass is 32.2. The number of halogens is 1. The van der Waals surface area contributed by atoms with Crippen molar-refractivity contribution in [1.29, 1.82) is 0 Å². The van der Waals surface area contributed by atoms with Crippen LogP contribution in [0, 0.1) is 18.7 Å². The van der Waals surface area contributed by atoms with E-state index in [1.54, 1.807) is 12.1 Å². The van der Waals surface area contributed by atoms with Gasteiger partial charge in [-0.1, -0.05) is 37.1 Å². The van der Waals surface area contributed by atoms with Gasteiger partial charge in [-0.2, -0.15) is 0 Å². The van der Waals surface area contributed by atoms with Crippen LogP contribution in [0.25, 0.3) is 0 Å². The number of fused-ring (bicyclic) bond motifs is 3. The monoisotopic (exact) mass is 725 g/mol. The van der Waals surface area contributed by atoms with E-state index in [9.17, 15) is 32.0 Å². The first-order valence-electron chi connectivity index (χ1n) is 17.8. The maximum atomic E-state index is 14.4. The molecule has 3 N–H and O–H groups in total. The number of nitrogens with one attached hydrogen (secondary N) is 3. The molecule has 3 fully saturated rings. The highest BCUT2D eigenvalue weighted by molar-refractivity contribution is 7.91. The Hall–Kier alpha value is -4.24. The zero-order chi connectivity index (χ0) is 35.9. The second kappa shape index (κ2) is 14.1. The third-order valence-electron chi connectivity index (χ3n) is 10.6. The first kappa shape index (κ1) is 35.2. The summed E-state index contributed by atoms with van der Waals surface area (Å²) in [5, 5.41) is 5.52. The van der Waals surface area contributed by atoms with Crippen LogP contribution in [0.3, 0.4) is 0 Å². The molecule has 2 aromatic rings. The van der Waals surface area contributed by atoms with E-state index >= 15 is 0 Å². The van der Waals surface area contributed by atoms with E-state index in [1.165, 1.54) is 15.9 Å². The number of nitrogens with zero attached hydrogens (tertiary/aromatic N) is 2. The number of carbonyl (C=O) groups is 4. The van der Waals surface area contributed by atoms with Crippen molar-refractivity contribution in [2.24, 2.45) is 5.92 Å². The van der Waals surface area contributed by atoms with Crippen molar-refractivity contribution < 1.29 is 41.1 Å². The van der Waals surface area contributed by atoms with Gasteiger partial charge < -0.3 is 19.4 Å². The normalized spacial score (nSPS) is 28.2. The van der Waals surface area contributed by atoms with Crippen molar-refractivity contribution >= 4 is 33.8 Å². The summed E-state index contributed by atoms with van der Waals surface area (Å²) in [7, 11) is -3.89. The van der Waals surface area contributed by atoms with Gasteiger partial charge in [0.05, 0.1) is 30.9 Å². The van der Waals surface area contributed by atoms with Gasteiger partial charge in [-0.25, -0.2) is 17.6 Å². The molecule has 5 aliphatic rings. The number of aryl methyl sites for hydroxylation is 1. The van der Waals surface area contributed by atoms with Crippen LogP contribution in [-0.4, -0.2) is 77.6 Å². The standard InChI is InChI=1S/C36H44FN5O8S/c1-22-12-13-25(49-22)18-38-30-11-6-4-2-3-5-9-24-17-36(24,34(45)40-51(47,48)27-14-15-27)39-32(43)31-16-26(20-42(31)33(30)44)50-35(46)41-19-23-8-7-10-29(37)28(23)21-41/h5,7-10,12-13,24,26-27,30-31,38H,2-4,6,11,14-21H2,1H3,(H,39,43)(H,40,45)/t24-,26-,30+,31+,36-/m1/s1. The fourth-order valence-electron chi connectivity index (χ4n) is 7.43. The molecule has 4 heterocycles. The second-order valence-electron chi connectivity index (χ2n) is 14.4. The lowest BCUT2D eigenvalue weighted by Gasteiger charge is -2.30. The summed E-state index contributed by atoms with van der Waals surface area (Å²) in [6, 6.07) is 6.54. The number of benzene rings is 1. The number of sulfonamides is 1. The van der Waals surface area contributed by atoms with Gasteiger partial charge >= 0.3 is 6.09 Å². The minimum Gasteiger partial charge on any atom is -0.465 e. The average Bonchev–Trinajstić information content (AvgIpc) is 3.91. The summed E-state index contributed by atoms with van der Waals surface area (Å²) in [6.45, 7) is 2.24. The molecule has 15 heteroatoms. The molecule has 0 spiro atoms. The van der Waals surface area contributed by atoms with E-state index in [2.05, 4.69) is 15.4 Å². The molecule has 2 aliphatic carbocycles. The molecule has 4 amide bonds. The smallest absolute Gasteiger partial charge is 0.410 e. The van der Waals surface area contributed by atoms with E-state index in [1.807, 2.05) is 31.2 Å². The van der Waals surface area contributed by atoms with Crippen molar-refractivity contribution in [2.45, 2.75) is 113 Å². The molecule has 5 atom stereocenters. The molecule has 51 heavy (non-hydrogen) atoms. The summed E-state index contributed by atoms with van der Waals surface area (Å²) in [5.74, 6) is -1.24. The predicted octanol–water partition coefficient (Wildman–Crippen LogP) is 3.31. The number of amides is 4. The Balaban J connectivity index is 1.13. The lowest BCUT2D eigenvalue weighted by Crippen LogP contribution is -2.58. The van der Waals surface area contributed by atoms with Gasteiger partial charge in [0.15, 0.2) is 0 Å². The molecule has 7 rings (SSSR count). The Labute approximate surface area is 296 Å². The predicted molar refractivity (Wildman–Crippen MR) is 181 cm³/mol. The molecule has 1 aromatic heterocycles. The van der Waals surface area contributed by atoms with Crippen LogP contribution in [0.2, 0.25) is 0 Å². The number of rotatable bonds is 7. The van der Waals surface area contributed by atoms with E-state index < -0.39 is 68.6 Å². The summed E-state index contributed by atoms with van der Waals surface area (Å²) >= 11 is 0. The summed E-state index contributed by atoms with van der Waals surface area (Å²) in [6.07, 6.45) is 7.01. The Morgan fingerprint density at radius 3 is 2.67 bits per heavy atom. The quantitative estimate of drug-likeness (QED) is 0.363. The molecule has 274 valence electrons. The van der Waals surface area contributed by atoms with Crippen molar-refractivity contribution in [1.82, 2.24) is 25.2 Å². The third kappa shape index (κ3) is 7.55. The minimum absolute atomic E-state index is 0.0364. The molecule has 2 saturated carbocycles. The number of carbonyl (C=O) groups excluding carboxylic acids is 4. The summed E-state index contributed by atoms with van der Waals surface area (Å²) in [5.41, 5.74) is -0.398. The van der Waals surface area contributed by atoms with Crippen LogP contribution < -0.4 is 15.4 Å². The van der Waals surface area contributed by atoms with Crippen LogP contribution in [0.15, 0.2) is 46.9 Å². The number of allylic oxidation sites excluding steroid dienone is 1. The van der Waals surface area contributed by atoms with Crippen molar-refractivity contribution in [3.05, 3.63) is 70.9 Å². The minimum atomic E-state index is -3.89. The summed E-state index contributed by atoms with van der Waals surface area (Å²) < 4.78 is 53.7. The van der Waals surface area contributed by atoms with Crippen LogP contribution in [0.5, 0.6) is 0 Å². The van der Waals surface area contributed by atoms with Crippen LogP contribution in [0.4, 0.5) is 9.18 Å². The van der Waals surface area contributed by atoms with Crippen LogP contribution >= 0.6 is 0 Å². The number of furan rings is 1. The van der Waals surface area contributed by atoms with Gasteiger partial charge in [-0.15, -0.1) is 0 Å². The second-order valence-corrected chi connectivity index (χ2v) is 16.4. The van der Waals surface area contributed by atoms with Gasteiger partial charge in [-0.3, -0.25) is 29.3 Å². The molecule has 0 unspecified atom stereocenters. The topological polar surface area (TPSA) is 167 Å². The van der Waals surface area contributed by atoms with E-state index in [-0.39, 0.29) is 44.9 Å².